The molecule has 0 atom stereocenters. The molecule has 3 heteroatoms. The van der Waals surface area contributed by atoms with E-state index in [9.17, 15) is 0 Å². The van der Waals surface area contributed by atoms with E-state index in [0.29, 0.717) is 18.4 Å². The van der Waals surface area contributed by atoms with E-state index in [1.165, 1.54) is 0 Å². The summed E-state index contributed by atoms with van der Waals surface area (Å²) in [4.78, 5) is 2.37. The van der Waals surface area contributed by atoms with Gasteiger partial charge in [-0.15, -0.1) is 0 Å². The average Bonchev–Trinajstić information content (AvgIpc) is 2.26. The molecule has 18 heavy (non-hydrogen) atoms. The van der Waals surface area contributed by atoms with Gasteiger partial charge in [0.2, 0.25) is 0 Å². The van der Waals surface area contributed by atoms with Crippen molar-refractivity contribution >= 4 is 17.3 Å². The molecule has 0 radical (unpaired) electrons. The number of hydrogen-bond donors (Lipinski definition) is 1. The molecule has 0 fully saturated rings. The maximum Gasteiger partial charge on any atom is 0.0642 e. The Hall–Kier alpha value is -0.730. The van der Waals surface area contributed by atoms with Crippen LogP contribution >= 0.6 is 11.6 Å². The van der Waals surface area contributed by atoms with Crippen LogP contribution in [-0.4, -0.2) is 13.1 Å². The van der Waals surface area contributed by atoms with Crippen molar-refractivity contribution < 1.29 is 0 Å². The minimum absolute atomic E-state index is 0.536. The maximum atomic E-state index is 6.37. The molecule has 0 aliphatic rings. The lowest BCUT2D eigenvalue weighted by molar-refractivity contribution is 0.553. The second-order valence-electron chi connectivity index (χ2n) is 5.68. The minimum atomic E-state index is 0.536. The molecule has 1 aromatic carbocycles. The highest BCUT2D eigenvalue weighted by Crippen LogP contribution is 2.28. The van der Waals surface area contributed by atoms with Crippen molar-refractivity contribution in [2.45, 2.75) is 34.2 Å². The zero-order chi connectivity index (χ0) is 13.7. The molecule has 0 unspecified atom stereocenters. The first-order chi connectivity index (χ1) is 8.43. The van der Waals surface area contributed by atoms with E-state index in [1.807, 2.05) is 6.07 Å². The molecular formula is C15H25ClN2. The lowest BCUT2D eigenvalue weighted by atomic mass is 10.1. The van der Waals surface area contributed by atoms with Gasteiger partial charge in [0, 0.05) is 19.6 Å². The third-order valence-corrected chi connectivity index (χ3v) is 3.06. The van der Waals surface area contributed by atoms with Crippen LogP contribution in [0.2, 0.25) is 5.02 Å². The Morgan fingerprint density at radius 2 is 1.67 bits per heavy atom. The fourth-order valence-corrected chi connectivity index (χ4v) is 2.41. The van der Waals surface area contributed by atoms with Gasteiger partial charge in [-0.2, -0.15) is 0 Å². The monoisotopic (exact) mass is 268 g/mol. The van der Waals surface area contributed by atoms with Gasteiger partial charge < -0.3 is 10.6 Å². The lowest BCUT2D eigenvalue weighted by Gasteiger charge is -2.29. The van der Waals surface area contributed by atoms with Crippen LogP contribution in [0.1, 0.15) is 33.3 Å². The third kappa shape index (κ3) is 4.51. The largest absolute Gasteiger partial charge is 0.370 e. The summed E-state index contributed by atoms with van der Waals surface area (Å²) in [5.74, 6) is 1.24. The molecule has 0 spiro atoms. The molecule has 1 aromatic rings. The van der Waals surface area contributed by atoms with E-state index in [-0.39, 0.29) is 0 Å². The van der Waals surface area contributed by atoms with Gasteiger partial charge in [0.25, 0.3) is 0 Å². The highest BCUT2D eigenvalue weighted by Gasteiger charge is 2.13. The Kier molecular flexibility index (Phi) is 5.97. The van der Waals surface area contributed by atoms with Crippen LogP contribution in [0.5, 0.6) is 0 Å². The SMILES string of the molecule is CC(C)CN(CC(C)C)c1ccc(CN)cc1Cl. The van der Waals surface area contributed by atoms with E-state index in [4.69, 9.17) is 17.3 Å². The molecule has 2 N–H and O–H groups in total. The fraction of sp³-hybridized carbons (Fsp3) is 0.600. The number of benzene rings is 1. The number of rotatable bonds is 6. The molecule has 2 nitrogen and oxygen atoms in total. The standard InChI is InChI=1S/C15H25ClN2/c1-11(2)9-18(10-12(3)4)15-6-5-13(8-17)7-14(15)16/h5-7,11-12H,8-10,17H2,1-4H3. The predicted molar refractivity (Wildman–Crippen MR) is 81.2 cm³/mol. The summed E-state index contributed by atoms with van der Waals surface area (Å²) in [6.07, 6.45) is 0. The van der Waals surface area contributed by atoms with Gasteiger partial charge in [-0.1, -0.05) is 45.4 Å². The van der Waals surface area contributed by atoms with Crippen LogP contribution < -0.4 is 10.6 Å². The molecule has 102 valence electrons. The van der Waals surface area contributed by atoms with Crippen LogP contribution in [0.4, 0.5) is 5.69 Å². The van der Waals surface area contributed by atoms with Gasteiger partial charge in [-0.3, -0.25) is 0 Å². The van der Waals surface area contributed by atoms with Crippen molar-refractivity contribution in [1.29, 1.82) is 0 Å². The van der Waals surface area contributed by atoms with Crippen molar-refractivity contribution in [2.24, 2.45) is 17.6 Å². The number of hydrogen-bond acceptors (Lipinski definition) is 2. The first-order valence-electron chi connectivity index (χ1n) is 6.67. The normalized spacial score (nSPS) is 11.3. The molecule has 0 aromatic heterocycles. The van der Waals surface area contributed by atoms with E-state index < -0.39 is 0 Å². The fourth-order valence-electron chi connectivity index (χ4n) is 2.09. The minimum Gasteiger partial charge on any atom is -0.370 e. The van der Waals surface area contributed by atoms with Gasteiger partial charge in [0.15, 0.2) is 0 Å². The molecule has 0 heterocycles. The number of anilines is 1. The topological polar surface area (TPSA) is 29.3 Å². The predicted octanol–water partition coefficient (Wildman–Crippen LogP) is 3.92. The van der Waals surface area contributed by atoms with Crippen molar-refractivity contribution in [3.05, 3.63) is 28.8 Å². The van der Waals surface area contributed by atoms with Crippen molar-refractivity contribution in [2.75, 3.05) is 18.0 Å². The Morgan fingerprint density at radius 1 is 1.11 bits per heavy atom. The maximum absolute atomic E-state index is 6.37. The number of nitrogens with two attached hydrogens (primary N) is 1. The van der Waals surface area contributed by atoms with Crippen LogP contribution in [0, 0.1) is 11.8 Å². The molecule has 0 amide bonds. The molecular weight excluding hydrogens is 244 g/mol. The summed E-state index contributed by atoms with van der Waals surface area (Å²) in [6.45, 7) is 11.5. The van der Waals surface area contributed by atoms with Gasteiger partial charge in [-0.05, 0) is 29.5 Å². The Labute approximate surface area is 116 Å². The molecule has 0 bridgehead atoms. The van der Waals surface area contributed by atoms with Crippen molar-refractivity contribution in [1.82, 2.24) is 0 Å². The van der Waals surface area contributed by atoms with E-state index in [0.717, 1.165) is 29.4 Å². The molecule has 0 saturated carbocycles. The summed E-state index contributed by atoms with van der Waals surface area (Å²) in [5, 5.41) is 0.805. The lowest BCUT2D eigenvalue weighted by Crippen LogP contribution is -2.31. The second-order valence-corrected chi connectivity index (χ2v) is 6.09. The van der Waals surface area contributed by atoms with E-state index in [2.05, 4.69) is 44.7 Å². The van der Waals surface area contributed by atoms with E-state index >= 15 is 0 Å². The molecule has 0 saturated heterocycles. The van der Waals surface area contributed by atoms with Gasteiger partial charge in [0.1, 0.15) is 0 Å². The Morgan fingerprint density at radius 3 is 2.06 bits per heavy atom. The summed E-state index contributed by atoms with van der Waals surface area (Å²) in [5.41, 5.74) is 7.84. The smallest absolute Gasteiger partial charge is 0.0642 e. The molecule has 0 aliphatic heterocycles. The summed E-state index contributed by atoms with van der Waals surface area (Å²) in [7, 11) is 0. The van der Waals surface area contributed by atoms with Gasteiger partial charge in [-0.25, -0.2) is 0 Å². The second kappa shape index (κ2) is 7.01. The highest BCUT2D eigenvalue weighted by molar-refractivity contribution is 6.33. The van der Waals surface area contributed by atoms with Crippen LogP contribution in [0.15, 0.2) is 18.2 Å². The number of halogens is 1. The van der Waals surface area contributed by atoms with E-state index in [1.54, 1.807) is 0 Å². The first kappa shape index (κ1) is 15.3. The van der Waals surface area contributed by atoms with Crippen LogP contribution in [-0.2, 0) is 6.54 Å². The molecule has 0 aliphatic carbocycles. The Balaban J connectivity index is 2.96. The Bertz CT molecular complexity index is 365. The summed E-state index contributed by atoms with van der Waals surface area (Å²) in [6, 6.07) is 6.13. The molecule has 1 rings (SSSR count). The quantitative estimate of drug-likeness (QED) is 0.847. The van der Waals surface area contributed by atoms with Gasteiger partial charge in [0.05, 0.1) is 10.7 Å². The third-order valence-electron chi connectivity index (χ3n) is 2.76. The zero-order valence-electron chi connectivity index (χ0n) is 11.9. The number of nitrogens with zero attached hydrogens (tertiary/aromatic N) is 1. The van der Waals surface area contributed by atoms with Crippen molar-refractivity contribution in [3.63, 3.8) is 0 Å². The van der Waals surface area contributed by atoms with Crippen molar-refractivity contribution in [3.8, 4) is 0 Å². The van der Waals surface area contributed by atoms with Crippen LogP contribution in [0.25, 0.3) is 0 Å². The van der Waals surface area contributed by atoms with Crippen LogP contribution in [0.3, 0.4) is 0 Å². The summed E-state index contributed by atoms with van der Waals surface area (Å²) < 4.78 is 0. The zero-order valence-corrected chi connectivity index (χ0v) is 12.7. The first-order valence-corrected chi connectivity index (χ1v) is 7.05. The average molecular weight is 269 g/mol. The highest BCUT2D eigenvalue weighted by atomic mass is 35.5. The van der Waals surface area contributed by atoms with Gasteiger partial charge >= 0.3 is 0 Å². The summed E-state index contributed by atoms with van der Waals surface area (Å²) >= 11 is 6.37.